The van der Waals surface area contributed by atoms with Crippen molar-refractivity contribution in [3.63, 3.8) is 0 Å². The number of thiophene rings is 1. The van der Waals surface area contributed by atoms with Crippen LogP contribution in [0.3, 0.4) is 0 Å². The van der Waals surface area contributed by atoms with Gasteiger partial charge in [-0.25, -0.2) is 4.98 Å². The summed E-state index contributed by atoms with van der Waals surface area (Å²) in [6, 6.07) is 11.9. The number of hydrogen-bond donors (Lipinski definition) is 0. The molecular formula is C18H18N2O3S. The SMILES string of the molecule is CCOC(=O)CCCn1cnc2cc(-c3ccccc3)sc2c1=O. The second kappa shape index (κ2) is 7.40. The lowest BCUT2D eigenvalue weighted by Gasteiger charge is -2.04. The van der Waals surface area contributed by atoms with E-state index in [-0.39, 0.29) is 11.5 Å². The van der Waals surface area contributed by atoms with Gasteiger partial charge in [0.15, 0.2) is 0 Å². The molecule has 0 aliphatic carbocycles. The topological polar surface area (TPSA) is 61.2 Å². The lowest BCUT2D eigenvalue weighted by molar-refractivity contribution is -0.143. The Balaban J connectivity index is 1.81. The Morgan fingerprint density at radius 1 is 1.29 bits per heavy atom. The molecule has 0 saturated carbocycles. The van der Waals surface area contributed by atoms with Gasteiger partial charge in [0.1, 0.15) is 4.70 Å². The molecule has 0 radical (unpaired) electrons. The molecule has 0 spiro atoms. The number of esters is 1. The Labute approximate surface area is 143 Å². The van der Waals surface area contributed by atoms with E-state index in [1.54, 1.807) is 17.8 Å². The summed E-state index contributed by atoms with van der Waals surface area (Å²) in [6.45, 7) is 2.62. The van der Waals surface area contributed by atoms with Crippen LogP contribution < -0.4 is 5.56 Å². The van der Waals surface area contributed by atoms with Gasteiger partial charge in [0.25, 0.3) is 5.56 Å². The molecule has 24 heavy (non-hydrogen) atoms. The molecule has 3 aromatic rings. The van der Waals surface area contributed by atoms with Crippen LogP contribution in [0.15, 0.2) is 47.5 Å². The van der Waals surface area contributed by atoms with E-state index in [2.05, 4.69) is 4.98 Å². The van der Waals surface area contributed by atoms with Crippen molar-refractivity contribution < 1.29 is 9.53 Å². The minimum atomic E-state index is -0.234. The van der Waals surface area contributed by atoms with E-state index in [0.717, 1.165) is 10.4 Å². The average molecular weight is 342 g/mol. The lowest BCUT2D eigenvalue weighted by Crippen LogP contribution is -2.20. The molecule has 5 nitrogen and oxygen atoms in total. The van der Waals surface area contributed by atoms with Crippen LogP contribution in [0.25, 0.3) is 20.7 Å². The van der Waals surface area contributed by atoms with Gasteiger partial charge in [0.05, 0.1) is 18.5 Å². The average Bonchev–Trinajstić information content (AvgIpc) is 3.03. The van der Waals surface area contributed by atoms with Crippen molar-refractivity contribution in [2.24, 2.45) is 0 Å². The van der Waals surface area contributed by atoms with Crippen LogP contribution in [0, 0.1) is 0 Å². The Morgan fingerprint density at radius 3 is 2.83 bits per heavy atom. The monoisotopic (exact) mass is 342 g/mol. The predicted octanol–water partition coefficient (Wildman–Crippen LogP) is 3.47. The normalized spacial score (nSPS) is 10.9. The molecule has 1 aromatic carbocycles. The quantitative estimate of drug-likeness (QED) is 0.644. The van der Waals surface area contributed by atoms with Crippen molar-refractivity contribution in [1.29, 1.82) is 0 Å². The maximum absolute atomic E-state index is 12.6. The van der Waals surface area contributed by atoms with Crippen LogP contribution in [0.1, 0.15) is 19.8 Å². The highest BCUT2D eigenvalue weighted by atomic mass is 32.1. The fraction of sp³-hybridized carbons (Fsp3) is 0.278. The first-order valence-corrected chi connectivity index (χ1v) is 8.70. The molecule has 0 aliphatic rings. The van der Waals surface area contributed by atoms with Gasteiger partial charge in [-0.1, -0.05) is 30.3 Å². The van der Waals surface area contributed by atoms with E-state index < -0.39 is 0 Å². The van der Waals surface area contributed by atoms with Gasteiger partial charge >= 0.3 is 5.97 Å². The Hall–Kier alpha value is -2.47. The largest absolute Gasteiger partial charge is 0.466 e. The number of aryl methyl sites for hydroxylation is 1. The third-order valence-electron chi connectivity index (χ3n) is 3.65. The molecule has 124 valence electrons. The molecule has 3 rings (SSSR count). The summed E-state index contributed by atoms with van der Waals surface area (Å²) >= 11 is 1.45. The zero-order chi connectivity index (χ0) is 16.9. The first kappa shape index (κ1) is 16.4. The maximum Gasteiger partial charge on any atom is 0.305 e. The number of carbonyl (C=O) groups excluding carboxylic acids is 1. The number of rotatable bonds is 6. The number of carbonyl (C=O) groups is 1. The highest BCUT2D eigenvalue weighted by Gasteiger charge is 2.11. The van der Waals surface area contributed by atoms with Crippen LogP contribution in [-0.2, 0) is 16.1 Å². The van der Waals surface area contributed by atoms with Crippen LogP contribution in [0.4, 0.5) is 0 Å². The zero-order valence-corrected chi connectivity index (χ0v) is 14.2. The Morgan fingerprint density at radius 2 is 2.08 bits per heavy atom. The van der Waals surface area contributed by atoms with Crippen molar-refractivity contribution in [1.82, 2.24) is 9.55 Å². The molecule has 0 saturated heterocycles. The van der Waals surface area contributed by atoms with Crippen molar-refractivity contribution in [3.05, 3.63) is 53.1 Å². The van der Waals surface area contributed by atoms with E-state index in [9.17, 15) is 9.59 Å². The summed E-state index contributed by atoms with van der Waals surface area (Å²) in [7, 11) is 0. The summed E-state index contributed by atoms with van der Waals surface area (Å²) in [6.07, 6.45) is 2.41. The zero-order valence-electron chi connectivity index (χ0n) is 13.4. The summed E-state index contributed by atoms with van der Waals surface area (Å²) in [5.41, 5.74) is 1.73. The number of benzene rings is 1. The van der Waals surface area contributed by atoms with Crippen LogP contribution >= 0.6 is 11.3 Å². The molecular weight excluding hydrogens is 324 g/mol. The summed E-state index contributed by atoms with van der Waals surface area (Å²) in [4.78, 5) is 29.4. The van der Waals surface area contributed by atoms with Crippen molar-refractivity contribution in [2.45, 2.75) is 26.3 Å². The lowest BCUT2D eigenvalue weighted by atomic mass is 10.2. The molecule has 2 heterocycles. The molecule has 2 aromatic heterocycles. The molecule has 0 N–H and O–H groups in total. The fourth-order valence-electron chi connectivity index (χ4n) is 2.48. The molecule has 0 aliphatic heterocycles. The molecule has 0 bridgehead atoms. The number of ether oxygens (including phenoxy) is 1. The van der Waals surface area contributed by atoms with Crippen LogP contribution in [0.2, 0.25) is 0 Å². The van der Waals surface area contributed by atoms with Gasteiger partial charge in [-0.15, -0.1) is 11.3 Å². The van der Waals surface area contributed by atoms with Gasteiger partial charge < -0.3 is 4.74 Å². The second-order valence-electron chi connectivity index (χ2n) is 5.34. The van der Waals surface area contributed by atoms with E-state index in [0.29, 0.717) is 36.2 Å². The van der Waals surface area contributed by atoms with E-state index >= 15 is 0 Å². The van der Waals surface area contributed by atoms with Crippen LogP contribution in [0.5, 0.6) is 0 Å². The van der Waals surface area contributed by atoms with E-state index in [1.807, 2.05) is 36.4 Å². The van der Waals surface area contributed by atoms with Gasteiger partial charge in [0, 0.05) is 17.8 Å². The van der Waals surface area contributed by atoms with Gasteiger partial charge in [-0.2, -0.15) is 0 Å². The van der Waals surface area contributed by atoms with Gasteiger partial charge in [-0.05, 0) is 25.0 Å². The van der Waals surface area contributed by atoms with Gasteiger partial charge in [0.2, 0.25) is 0 Å². The Kier molecular flexibility index (Phi) is 5.05. The molecule has 0 atom stereocenters. The third-order valence-corrected chi connectivity index (χ3v) is 4.81. The summed E-state index contributed by atoms with van der Waals surface area (Å²) in [5, 5.41) is 0. The van der Waals surface area contributed by atoms with Gasteiger partial charge in [-0.3, -0.25) is 14.2 Å². The fourth-order valence-corrected chi connectivity index (χ4v) is 3.54. The number of hydrogen-bond acceptors (Lipinski definition) is 5. The molecule has 6 heteroatoms. The number of fused-ring (bicyclic) bond motifs is 1. The number of nitrogens with zero attached hydrogens (tertiary/aromatic N) is 2. The first-order valence-electron chi connectivity index (χ1n) is 7.89. The smallest absolute Gasteiger partial charge is 0.305 e. The highest BCUT2D eigenvalue weighted by molar-refractivity contribution is 7.22. The standard InChI is InChI=1S/C18H18N2O3S/c1-2-23-16(21)9-6-10-20-12-19-14-11-15(24-17(14)18(20)22)13-7-4-3-5-8-13/h3-5,7-8,11-12H,2,6,9-10H2,1H3. The number of aromatic nitrogens is 2. The van der Waals surface area contributed by atoms with Crippen molar-refractivity contribution >= 4 is 27.5 Å². The summed E-state index contributed by atoms with van der Waals surface area (Å²) < 4.78 is 7.10. The summed E-state index contributed by atoms with van der Waals surface area (Å²) in [5.74, 6) is -0.234. The minimum Gasteiger partial charge on any atom is -0.466 e. The second-order valence-corrected chi connectivity index (χ2v) is 6.39. The Bertz CT molecular complexity index is 900. The molecule has 0 unspecified atom stereocenters. The van der Waals surface area contributed by atoms with Crippen molar-refractivity contribution in [2.75, 3.05) is 6.61 Å². The van der Waals surface area contributed by atoms with Crippen molar-refractivity contribution in [3.8, 4) is 10.4 Å². The third kappa shape index (κ3) is 3.54. The molecule has 0 amide bonds. The maximum atomic E-state index is 12.6. The minimum absolute atomic E-state index is 0.0592. The molecule has 0 fully saturated rings. The van der Waals surface area contributed by atoms with Crippen LogP contribution in [-0.4, -0.2) is 22.1 Å². The first-order chi connectivity index (χ1) is 11.7. The predicted molar refractivity (Wildman–Crippen MR) is 95.2 cm³/mol. The van der Waals surface area contributed by atoms with E-state index in [1.165, 1.54) is 11.3 Å². The highest BCUT2D eigenvalue weighted by Crippen LogP contribution is 2.30. The van der Waals surface area contributed by atoms with E-state index in [4.69, 9.17) is 4.74 Å².